The molecule has 0 fully saturated rings. The van der Waals surface area contributed by atoms with Crippen molar-refractivity contribution in [2.75, 3.05) is 0 Å². The molecule has 180 valence electrons. The van der Waals surface area contributed by atoms with Crippen molar-refractivity contribution >= 4 is 11.9 Å². The second-order valence-corrected chi connectivity index (χ2v) is 8.48. The van der Waals surface area contributed by atoms with E-state index in [9.17, 15) is 14.7 Å². The minimum Gasteiger partial charge on any atom is -0.490 e. The summed E-state index contributed by atoms with van der Waals surface area (Å²) >= 11 is 0. The van der Waals surface area contributed by atoms with Crippen LogP contribution in [-0.2, 0) is 0 Å². The van der Waals surface area contributed by atoms with E-state index in [1.807, 2.05) is 6.07 Å². The van der Waals surface area contributed by atoms with Gasteiger partial charge in [0.15, 0.2) is 0 Å². The monoisotopic (exact) mass is 454 g/mol. The maximum Gasteiger partial charge on any atom is 0.347 e. The van der Waals surface area contributed by atoms with Crippen LogP contribution < -0.4 is 9.47 Å². The molecule has 0 saturated heterocycles. The molecule has 1 unspecified atom stereocenters. The molecule has 0 amide bonds. The van der Waals surface area contributed by atoms with Gasteiger partial charge in [-0.15, -0.1) is 0 Å². The lowest BCUT2D eigenvalue weighted by atomic mass is 10.0. The fraction of sp³-hybridized carbons (Fsp3) is 0.500. The quantitative estimate of drug-likeness (QED) is 0.160. The third-order valence-corrected chi connectivity index (χ3v) is 5.73. The van der Waals surface area contributed by atoms with Gasteiger partial charge in [0.25, 0.3) is 0 Å². The lowest BCUT2D eigenvalue weighted by Gasteiger charge is -2.21. The van der Waals surface area contributed by atoms with E-state index in [0.29, 0.717) is 11.3 Å². The van der Waals surface area contributed by atoms with Crippen LogP contribution in [0.1, 0.15) is 105 Å². The van der Waals surface area contributed by atoms with Crippen LogP contribution in [0.25, 0.3) is 0 Å². The molecule has 0 saturated carbocycles. The Balaban J connectivity index is 2.08. The standard InChI is InChI=1S/C28H38O5/c1-3-5-7-8-9-11-17-22(16-10-6-4-2)32-26-21-15-13-19-24(26)28(31)33-25-20-14-12-18-23(25)27(29)30/h12-15,18-22H,3-11,16-17H2,1-2H3,(H,29,30). The molecule has 33 heavy (non-hydrogen) atoms. The summed E-state index contributed by atoms with van der Waals surface area (Å²) in [5.41, 5.74) is 0.255. The first kappa shape index (κ1) is 26.4. The van der Waals surface area contributed by atoms with Crippen molar-refractivity contribution in [1.29, 1.82) is 0 Å². The molecule has 5 nitrogen and oxygen atoms in total. The average molecular weight is 455 g/mol. The molecule has 0 aromatic heterocycles. The van der Waals surface area contributed by atoms with Gasteiger partial charge in [0, 0.05) is 0 Å². The number of carboxylic acid groups (broad SMARTS) is 1. The number of ether oxygens (including phenoxy) is 2. The molecule has 5 heteroatoms. The molecule has 0 heterocycles. The Hall–Kier alpha value is -2.82. The molecule has 0 radical (unpaired) electrons. The van der Waals surface area contributed by atoms with Crippen LogP contribution in [0.5, 0.6) is 11.5 Å². The van der Waals surface area contributed by atoms with Crippen LogP contribution in [0.2, 0.25) is 0 Å². The molecule has 0 spiro atoms. The summed E-state index contributed by atoms with van der Waals surface area (Å²) in [6, 6.07) is 13.2. The molecule has 2 rings (SSSR count). The Morgan fingerprint density at radius 1 is 0.727 bits per heavy atom. The Morgan fingerprint density at radius 2 is 1.24 bits per heavy atom. The summed E-state index contributed by atoms with van der Waals surface area (Å²) in [5, 5.41) is 9.36. The first-order valence-electron chi connectivity index (χ1n) is 12.4. The van der Waals surface area contributed by atoms with Crippen LogP contribution in [0, 0.1) is 0 Å². The number of hydrogen-bond donors (Lipinski definition) is 1. The summed E-state index contributed by atoms with van der Waals surface area (Å²) in [5.74, 6) is -1.25. The van der Waals surface area contributed by atoms with Gasteiger partial charge in [0.2, 0.25) is 0 Å². The van der Waals surface area contributed by atoms with Crippen molar-refractivity contribution in [2.24, 2.45) is 0 Å². The number of esters is 1. The lowest BCUT2D eigenvalue weighted by molar-refractivity contribution is 0.0679. The third kappa shape index (κ3) is 9.29. The molecule has 0 aliphatic rings. The summed E-state index contributed by atoms with van der Waals surface area (Å²) in [4.78, 5) is 24.4. The lowest BCUT2D eigenvalue weighted by Crippen LogP contribution is -2.19. The van der Waals surface area contributed by atoms with Crippen molar-refractivity contribution in [1.82, 2.24) is 0 Å². The molecule has 0 aliphatic carbocycles. The number of carbonyl (C=O) groups is 2. The van der Waals surface area contributed by atoms with E-state index >= 15 is 0 Å². The number of aromatic carboxylic acids is 1. The smallest absolute Gasteiger partial charge is 0.347 e. The van der Waals surface area contributed by atoms with Gasteiger partial charge in [-0.1, -0.05) is 83.1 Å². The number of rotatable bonds is 16. The summed E-state index contributed by atoms with van der Waals surface area (Å²) in [7, 11) is 0. The van der Waals surface area contributed by atoms with Gasteiger partial charge in [-0.05, 0) is 49.9 Å². The Kier molecular flexibility index (Phi) is 12.1. The summed E-state index contributed by atoms with van der Waals surface area (Å²) < 4.78 is 11.8. The predicted octanol–water partition coefficient (Wildman–Crippen LogP) is 7.68. The third-order valence-electron chi connectivity index (χ3n) is 5.73. The van der Waals surface area contributed by atoms with Gasteiger partial charge in [-0.3, -0.25) is 0 Å². The van der Waals surface area contributed by atoms with Crippen molar-refractivity contribution in [3.8, 4) is 11.5 Å². The number of hydrogen-bond acceptors (Lipinski definition) is 4. The second kappa shape index (κ2) is 15.1. The number of carboxylic acids is 1. The first-order valence-corrected chi connectivity index (χ1v) is 12.4. The molecule has 0 bridgehead atoms. The predicted molar refractivity (Wildman–Crippen MR) is 131 cm³/mol. The molecule has 1 N–H and O–H groups in total. The van der Waals surface area contributed by atoms with Crippen molar-refractivity contribution in [2.45, 2.75) is 90.6 Å². The highest BCUT2D eigenvalue weighted by Crippen LogP contribution is 2.26. The van der Waals surface area contributed by atoms with Crippen molar-refractivity contribution in [3.63, 3.8) is 0 Å². The maximum absolute atomic E-state index is 12.9. The Morgan fingerprint density at radius 3 is 1.91 bits per heavy atom. The van der Waals surface area contributed by atoms with E-state index in [-0.39, 0.29) is 17.4 Å². The fourth-order valence-corrected chi connectivity index (χ4v) is 3.84. The van der Waals surface area contributed by atoms with E-state index in [4.69, 9.17) is 9.47 Å². The number of benzene rings is 2. The van der Waals surface area contributed by atoms with E-state index < -0.39 is 11.9 Å². The van der Waals surface area contributed by atoms with Gasteiger partial charge in [0.1, 0.15) is 22.6 Å². The van der Waals surface area contributed by atoms with Crippen LogP contribution >= 0.6 is 0 Å². The SMILES string of the molecule is CCCCCCCCC(CCCCC)Oc1ccccc1C(=O)Oc1ccccc1C(=O)O. The van der Waals surface area contributed by atoms with Crippen molar-refractivity contribution < 1.29 is 24.2 Å². The Bertz CT molecular complexity index is 861. The van der Waals surface area contributed by atoms with Gasteiger partial charge in [-0.2, -0.15) is 0 Å². The number of carbonyl (C=O) groups excluding carboxylic acids is 1. The molecule has 2 aromatic rings. The maximum atomic E-state index is 12.9. The zero-order chi connectivity index (χ0) is 23.9. The molecule has 2 aromatic carbocycles. The first-order chi connectivity index (χ1) is 16.1. The van der Waals surface area contributed by atoms with Gasteiger partial charge < -0.3 is 14.6 Å². The van der Waals surface area contributed by atoms with E-state index in [0.717, 1.165) is 38.5 Å². The summed E-state index contributed by atoms with van der Waals surface area (Å²) in [6.45, 7) is 4.41. The zero-order valence-corrected chi connectivity index (χ0v) is 20.1. The van der Waals surface area contributed by atoms with Crippen molar-refractivity contribution in [3.05, 3.63) is 59.7 Å². The van der Waals surface area contributed by atoms with Crippen LogP contribution in [0.15, 0.2) is 48.5 Å². The minimum atomic E-state index is -1.14. The molecular formula is C28H38O5. The second-order valence-electron chi connectivity index (χ2n) is 8.48. The molecule has 0 aliphatic heterocycles. The van der Waals surface area contributed by atoms with Gasteiger partial charge in [-0.25, -0.2) is 9.59 Å². The highest BCUT2D eigenvalue weighted by molar-refractivity contribution is 5.96. The molecular weight excluding hydrogens is 416 g/mol. The van der Waals surface area contributed by atoms with E-state index in [1.54, 1.807) is 30.3 Å². The van der Waals surface area contributed by atoms with Crippen LogP contribution in [-0.4, -0.2) is 23.1 Å². The molecule has 1 atom stereocenters. The van der Waals surface area contributed by atoms with Gasteiger partial charge in [0.05, 0.1) is 6.10 Å². The highest BCUT2D eigenvalue weighted by atomic mass is 16.5. The summed E-state index contributed by atoms with van der Waals surface area (Å²) in [6.07, 6.45) is 12.7. The van der Waals surface area contributed by atoms with Crippen LogP contribution in [0.4, 0.5) is 0 Å². The normalized spacial score (nSPS) is 11.7. The highest BCUT2D eigenvalue weighted by Gasteiger charge is 2.20. The largest absolute Gasteiger partial charge is 0.490 e. The van der Waals surface area contributed by atoms with E-state index in [2.05, 4.69) is 13.8 Å². The fourth-order valence-electron chi connectivity index (χ4n) is 3.84. The topological polar surface area (TPSA) is 72.8 Å². The number of unbranched alkanes of at least 4 members (excludes halogenated alkanes) is 7. The van der Waals surface area contributed by atoms with E-state index in [1.165, 1.54) is 44.2 Å². The minimum absolute atomic E-state index is 0.0244. The Labute approximate surface area is 198 Å². The van der Waals surface area contributed by atoms with Crippen LogP contribution in [0.3, 0.4) is 0 Å². The zero-order valence-electron chi connectivity index (χ0n) is 20.1. The number of para-hydroxylation sites is 2. The average Bonchev–Trinajstić information content (AvgIpc) is 2.81. The van der Waals surface area contributed by atoms with Gasteiger partial charge >= 0.3 is 11.9 Å².